The molecule has 0 atom stereocenters. The van der Waals surface area contributed by atoms with Crippen LogP contribution >= 0.6 is 0 Å². The number of carbonyl (C=O) groups is 1. The van der Waals surface area contributed by atoms with E-state index in [0.717, 1.165) is 0 Å². The summed E-state index contributed by atoms with van der Waals surface area (Å²) < 4.78 is 34.7. The van der Waals surface area contributed by atoms with Crippen molar-refractivity contribution in [1.29, 1.82) is 0 Å². The Hall–Kier alpha value is -2.25. The first kappa shape index (κ1) is 12.8. The van der Waals surface area contributed by atoms with Gasteiger partial charge in [0.1, 0.15) is 0 Å². The lowest BCUT2D eigenvalue weighted by atomic mass is 10.3. The first-order valence-corrected chi connectivity index (χ1v) is 4.43. The molecule has 0 aliphatic rings. The highest BCUT2D eigenvalue weighted by molar-refractivity contribution is 5.64. The van der Waals surface area contributed by atoms with Crippen LogP contribution in [0.1, 0.15) is 6.92 Å². The number of hydrogen-bond acceptors (Lipinski definition) is 5. The lowest BCUT2D eigenvalue weighted by Crippen LogP contribution is -2.11. The molecule has 92 valence electrons. The van der Waals surface area contributed by atoms with Crippen LogP contribution in [0.5, 0.6) is 5.75 Å². The molecule has 0 fully saturated rings. The molecule has 0 aromatic heterocycles. The van der Waals surface area contributed by atoms with Crippen LogP contribution in [0, 0.1) is 21.7 Å². The third kappa shape index (κ3) is 3.10. The van der Waals surface area contributed by atoms with Crippen molar-refractivity contribution >= 4 is 11.8 Å². The molecule has 0 bridgehead atoms. The topological polar surface area (TPSA) is 78.7 Å². The molecule has 0 saturated heterocycles. The summed E-state index contributed by atoms with van der Waals surface area (Å²) in [6.45, 7) is 1.48. The van der Waals surface area contributed by atoms with Crippen LogP contribution in [-0.4, -0.2) is 17.7 Å². The monoisotopic (exact) mass is 247 g/mol. The molecule has 0 spiro atoms. The Morgan fingerprint density at radius 3 is 2.59 bits per heavy atom. The van der Waals surface area contributed by atoms with Gasteiger partial charge in [-0.1, -0.05) is 0 Å². The predicted molar refractivity (Wildman–Crippen MR) is 50.7 cm³/mol. The summed E-state index contributed by atoms with van der Waals surface area (Å²) in [5.74, 6) is -3.36. The van der Waals surface area contributed by atoms with E-state index in [4.69, 9.17) is 0 Å². The van der Waals surface area contributed by atoms with Gasteiger partial charge in [0.2, 0.25) is 5.82 Å². The highest BCUT2D eigenvalue weighted by Crippen LogP contribution is 2.27. The van der Waals surface area contributed by atoms with Crippen LogP contribution < -0.4 is 4.74 Å². The van der Waals surface area contributed by atoms with Gasteiger partial charge >= 0.3 is 11.8 Å². The van der Waals surface area contributed by atoms with Crippen LogP contribution in [0.2, 0.25) is 0 Å². The number of rotatable bonds is 3. The molecular weight excluding hydrogens is 240 g/mol. The van der Waals surface area contributed by atoms with Crippen molar-refractivity contribution in [1.82, 2.24) is 0 Å². The van der Waals surface area contributed by atoms with Gasteiger partial charge in [-0.2, -0.15) is 4.39 Å². The van der Waals surface area contributed by atoms with Gasteiger partial charge in [-0.3, -0.25) is 10.1 Å². The van der Waals surface area contributed by atoms with E-state index in [1.54, 1.807) is 0 Å². The molecule has 0 saturated carbocycles. The average molecular weight is 247 g/mol. The second-order valence-electron chi connectivity index (χ2n) is 2.78. The molecule has 0 heterocycles. The molecular formula is C9H7F2NO5. The van der Waals surface area contributed by atoms with Crippen LogP contribution in [0.3, 0.4) is 0 Å². The summed E-state index contributed by atoms with van der Waals surface area (Å²) in [4.78, 5) is 20.2. The number of benzene rings is 1. The van der Waals surface area contributed by atoms with Crippen molar-refractivity contribution in [2.45, 2.75) is 6.92 Å². The number of halogens is 2. The SMILES string of the molecule is CCOC(=O)Oc1cc([N+](=O)[O-])c(F)cc1F. The summed E-state index contributed by atoms with van der Waals surface area (Å²) in [5.41, 5.74) is -0.995. The number of hydrogen-bond donors (Lipinski definition) is 0. The summed E-state index contributed by atoms with van der Waals surface area (Å²) in [7, 11) is 0. The maximum absolute atomic E-state index is 13.1. The maximum atomic E-state index is 13.1. The van der Waals surface area contributed by atoms with E-state index in [-0.39, 0.29) is 12.7 Å². The Balaban J connectivity index is 3.03. The van der Waals surface area contributed by atoms with Gasteiger partial charge in [-0.05, 0) is 6.92 Å². The van der Waals surface area contributed by atoms with Gasteiger partial charge in [-0.25, -0.2) is 9.18 Å². The fraction of sp³-hybridized carbons (Fsp3) is 0.222. The average Bonchev–Trinajstić information content (AvgIpc) is 2.21. The van der Waals surface area contributed by atoms with E-state index in [1.165, 1.54) is 6.92 Å². The van der Waals surface area contributed by atoms with E-state index in [1.807, 2.05) is 0 Å². The molecule has 1 aromatic rings. The van der Waals surface area contributed by atoms with Gasteiger partial charge < -0.3 is 9.47 Å². The Morgan fingerprint density at radius 2 is 2.06 bits per heavy atom. The third-order valence-corrected chi connectivity index (χ3v) is 1.65. The fourth-order valence-corrected chi connectivity index (χ4v) is 0.974. The maximum Gasteiger partial charge on any atom is 0.513 e. The number of nitro benzene ring substituents is 1. The number of carbonyl (C=O) groups excluding carboxylic acids is 1. The standard InChI is InChI=1S/C9H7F2NO5/c1-2-16-9(13)17-8-4-7(12(14)15)5(10)3-6(8)11/h3-4H,2H2,1H3. The van der Waals surface area contributed by atoms with Gasteiger partial charge in [0, 0.05) is 6.07 Å². The van der Waals surface area contributed by atoms with Gasteiger partial charge in [0.15, 0.2) is 11.6 Å². The van der Waals surface area contributed by atoms with E-state index in [9.17, 15) is 23.7 Å². The fourth-order valence-electron chi connectivity index (χ4n) is 0.974. The van der Waals surface area contributed by atoms with Crippen molar-refractivity contribution < 1.29 is 28.0 Å². The zero-order valence-electron chi connectivity index (χ0n) is 8.61. The molecule has 8 heteroatoms. The first-order chi connectivity index (χ1) is 7.95. The quantitative estimate of drug-likeness (QED) is 0.354. The lowest BCUT2D eigenvalue weighted by molar-refractivity contribution is -0.387. The Bertz CT molecular complexity index is 463. The minimum Gasteiger partial charge on any atom is -0.434 e. The molecule has 0 unspecified atom stereocenters. The summed E-state index contributed by atoms with van der Waals surface area (Å²) in [5, 5.41) is 10.4. The summed E-state index contributed by atoms with van der Waals surface area (Å²) in [6, 6.07) is 0.730. The molecule has 1 aromatic carbocycles. The van der Waals surface area contributed by atoms with Gasteiger partial charge in [-0.15, -0.1) is 0 Å². The number of ether oxygens (including phenoxy) is 2. The second kappa shape index (κ2) is 5.19. The van der Waals surface area contributed by atoms with Crippen molar-refractivity contribution in [3.05, 3.63) is 33.9 Å². The second-order valence-corrected chi connectivity index (χ2v) is 2.78. The number of nitrogens with zero attached hydrogens (tertiary/aromatic N) is 1. The predicted octanol–water partition coefficient (Wildman–Crippen LogP) is 2.41. The van der Waals surface area contributed by atoms with E-state index in [2.05, 4.69) is 9.47 Å². The highest BCUT2D eigenvalue weighted by atomic mass is 19.1. The Labute approximate surface area is 93.9 Å². The van der Waals surface area contributed by atoms with Crippen molar-refractivity contribution in [2.24, 2.45) is 0 Å². The Kier molecular flexibility index (Phi) is 3.91. The molecule has 0 N–H and O–H groups in total. The van der Waals surface area contributed by atoms with E-state index < -0.39 is 34.2 Å². The van der Waals surface area contributed by atoms with Crippen LogP contribution in [0.15, 0.2) is 12.1 Å². The van der Waals surface area contributed by atoms with Crippen LogP contribution in [0.4, 0.5) is 19.3 Å². The largest absolute Gasteiger partial charge is 0.513 e. The first-order valence-electron chi connectivity index (χ1n) is 4.43. The zero-order chi connectivity index (χ0) is 13.0. The van der Waals surface area contributed by atoms with Crippen LogP contribution in [0.25, 0.3) is 0 Å². The molecule has 0 aliphatic carbocycles. The zero-order valence-corrected chi connectivity index (χ0v) is 8.61. The molecule has 17 heavy (non-hydrogen) atoms. The molecule has 0 radical (unpaired) electrons. The third-order valence-electron chi connectivity index (χ3n) is 1.65. The van der Waals surface area contributed by atoms with Crippen molar-refractivity contribution in [3.8, 4) is 5.75 Å². The van der Waals surface area contributed by atoms with Crippen LogP contribution in [-0.2, 0) is 4.74 Å². The lowest BCUT2D eigenvalue weighted by Gasteiger charge is -2.05. The molecule has 1 rings (SSSR count). The smallest absolute Gasteiger partial charge is 0.434 e. The van der Waals surface area contributed by atoms with Gasteiger partial charge in [0.25, 0.3) is 0 Å². The molecule has 6 nitrogen and oxygen atoms in total. The summed E-state index contributed by atoms with van der Waals surface area (Å²) >= 11 is 0. The van der Waals surface area contributed by atoms with Gasteiger partial charge in [0.05, 0.1) is 17.6 Å². The minimum absolute atomic E-state index is 0.0102. The summed E-state index contributed by atoms with van der Waals surface area (Å²) in [6.07, 6.45) is -1.23. The minimum atomic E-state index is -1.36. The van der Waals surface area contributed by atoms with E-state index >= 15 is 0 Å². The highest BCUT2D eigenvalue weighted by Gasteiger charge is 2.21. The molecule has 0 amide bonds. The normalized spacial score (nSPS) is 9.82. The van der Waals surface area contributed by atoms with Crippen molar-refractivity contribution in [3.63, 3.8) is 0 Å². The van der Waals surface area contributed by atoms with Crippen molar-refractivity contribution in [2.75, 3.05) is 6.61 Å². The van der Waals surface area contributed by atoms with E-state index in [0.29, 0.717) is 6.07 Å². The Morgan fingerprint density at radius 1 is 1.41 bits per heavy atom. The number of nitro groups is 1. The molecule has 0 aliphatic heterocycles.